The Balaban J connectivity index is 3.27. The third-order valence-corrected chi connectivity index (χ3v) is 3.46. The predicted octanol–water partition coefficient (Wildman–Crippen LogP) is 0.771. The van der Waals surface area contributed by atoms with Crippen molar-refractivity contribution in [2.75, 3.05) is 13.2 Å². The molecule has 0 aliphatic carbocycles. The van der Waals surface area contributed by atoms with Crippen molar-refractivity contribution in [1.29, 1.82) is 0 Å². The van der Waals surface area contributed by atoms with E-state index in [0.717, 1.165) is 27.7 Å². The first kappa shape index (κ1) is 22.2. The maximum atomic E-state index is 11.5. The first-order chi connectivity index (χ1) is 12.6. The zero-order valence-electron chi connectivity index (χ0n) is 15.4. The second-order valence-electron chi connectivity index (χ2n) is 5.89. The highest BCUT2D eigenvalue weighted by atomic mass is 16.7. The fourth-order valence-electron chi connectivity index (χ4n) is 2.49. The summed E-state index contributed by atoms with van der Waals surface area (Å²) in [6.07, 6.45) is -2.68. The fraction of sp³-hybridized carbons (Fsp3) is 0.733. The van der Waals surface area contributed by atoms with Gasteiger partial charge in [0.05, 0.1) is 0 Å². The average Bonchev–Trinajstić information content (AvgIpc) is 2.53. The van der Waals surface area contributed by atoms with E-state index in [1.165, 1.54) is 0 Å². The lowest BCUT2D eigenvalue weighted by Gasteiger charge is -2.45. The third-order valence-electron chi connectivity index (χ3n) is 3.46. The maximum absolute atomic E-state index is 11.5. The molecule has 0 aromatic carbocycles. The fourth-order valence-corrected chi connectivity index (χ4v) is 2.49. The summed E-state index contributed by atoms with van der Waals surface area (Å²) in [5, 5.41) is 3.49. The number of azide groups is 1. The van der Waals surface area contributed by atoms with Crippen LogP contribution in [-0.4, -0.2) is 61.1 Å². The Kier molecular flexibility index (Phi) is 8.00. The van der Waals surface area contributed by atoms with Crippen LogP contribution < -0.4 is 0 Å². The van der Waals surface area contributed by atoms with Crippen molar-refractivity contribution < 1.29 is 42.9 Å². The van der Waals surface area contributed by atoms with Crippen LogP contribution in [0.25, 0.3) is 10.4 Å². The topological polar surface area (TPSA) is 163 Å². The molecule has 1 aliphatic heterocycles. The van der Waals surface area contributed by atoms with Crippen molar-refractivity contribution in [3.63, 3.8) is 0 Å². The van der Waals surface area contributed by atoms with Crippen molar-refractivity contribution in [3.8, 4) is 0 Å². The second-order valence-corrected chi connectivity index (χ2v) is 5.89. The van der Waals surface area contributed by atoms with Gasteiger partial charge in [-0.2, -0.15) is 0 Å². The molecule has 150 valence electrons. The van der Waals surface area contributed by atoms with Gasteiger partial charge in [0.2, 0.25) is 6.29 Å². The van der Waals surface area contributed by atoms with Crippen molar-refractivity contribution >= 4 is 23.9 Å². The molecule has 1 fully saturated rings. The van der Waals surface area contributed by atoms with Crippen molar-refractivity contribution in [3.05, 3.63) is 10.4 Å². The summed E-state index contributed by atoms with van der Waals surface area (Å²) in [7, 11) is 0. The van der Waals surface area contributed by atoms with Crippen LogP contribution in [0.2, 0.25) is 0 Å². The van der Waals surface area contributed by atoms with Gasteiger partial charge in [-0.05, 0) is 5.53 Å². The summed E-state index contributed by atoms with van der Waals surface area (Å²) in [4.78, 5) is 48.0. The molecule has 1 rings (SSSR count). The van der Waals surface area contributed by atoms with E-state index in [1.54, 1.807) is 0 Å². The Morgan fingerprint density at radius 1 is 1.00 bits per heavy atom. The SMILES string of the molecule is CC(=O)OCC1(COC(C)=O)CC(OC(C)=O)C(N=[N+]=[N-])[C@H](OC(C)=O)O1. The standard InChI is InChI=1S/C15H21N3O9/c1-8(19)23-6-15(7-24-9(2)20)5-12(25-10(3)21)13(17-18-16)14(27-15)26-11(4)22/h12-14H,5-7H2,1-4H3/t12?,13?,14-/m1/s1. The normalized spacial score (nSPS) is 23.3. The molecule has 1 aliphatic rings. The molecule has 0 saturated carbocycles. The minimum Gasteiger partial charge on any atom is -0.463 e. The average molecular weight is 387 g/mol. The lowest BCUT2D eigenvalue weighted by molar-refractivity contribution is -0.277. The van der Waals surface area contributed by atoms with Crippen LogP contribution >= 0.6 is 0 Å². The van der Waals surface area contributed by atoms with Crippen LogP contribution in [0.15, 0.2) is 5.11 Å². The van der Waals surface area contributed by atoms with Crippen LogP contribution in [0.1, 0.15) is 34.1 Å². The number of nitrogens with zero attached hydrogens (tertiary/aromatic N) is 3. The summed E-state index contributed by atoms with van der Waals surface area (Å²) >= 11 is 0. The summed E-state index contributed by atoms with van der Waals surface area (Å²) in [6.45, 7) is 3.81. The Hall–Kier alpha value is -2.85. The van der Waals surface area contributed by atoms with Crippen LogP contribution in [-0.2, 0) is 42.9 Å². The summed E-state index contributed by atoms with van der Waals surface area (Å²) in [5.41, 5.74) is 7.30. The monoisotopic (exact) mass is 387 g/mol. The van der Waals surface area contributed by atoms with Gasteiger partial charge in [0.15, 0.2) is 0 Å². The van der Waals surface area contributed by atoms with E-state index in [0.29, 0.717) is 0 Å². The van der Waals surface area contributed by atoms with E-state index in [9.17, 15) is 19.2 Å². The number of hydrogen-bond donors (Lipinski definition) is 0. The summed E-state index contributed by atoms with van der Waals surface area (Å²) in [5.74, 6) is -2.71. The van der Waals surface area contributed by atoms with Gasteiger partial charge in [-0.25, -0.2) is 0 Å². The van der Waals surface area contributed by atoms with E-state index in [2.05, 4.69) is 10.0 Å². The summed E-state index contributed by atoms with van der Waals surface area (Å²) < 4.78 is 25.9. The van der Waals surface area contributed by atoms with E-state index in [1.807, 2.05) is 0 Å². The van der Waals surface area contributed by atoms with Gasteiger partial charge in [0.1, 0.15) is 31.0 Å². The zero-order chi connectivity index (χ0) is 20.6. The molecule has 0 N–H and O–H groups in total. The molecule has 0 bridgehead atoms. The first-order valence-corrected chi connectivity index (χ1v) is 7.92. The number of hydrogen-bond acceptors (Lipinski definition) is 10. The highest BCUT2D eigenvalue weighted by Gasteiger charge is 2.51. The zero-order valence-corrected chi connectivity index (χ0v) is 15.4. The largest absolute Gasteiger partial charge is 0.463 e. The van der Waals surface area contributed by atoms with Crippen LogP contribution in [0, 0.1) is 0 Å². The Labute approximate surface area is 154 Å². The molecular formula is C15H21N3O9. The number of carbonyl (C=O) groups excluding carboxylic acids is 4. The maximum Gasteiger partial charge on any atom is 0.304 e. The van der Waals surface area contributed by atoms with Gasteiger partial charge < -0.3 is 23.7 Å². The van der Waals surface area contributed by atoms with Gasteiger partial charge >= 0.3 is 23.9 Å². The number of esters is 4. The Bertz CT molecular complexity index is 598. The van der Waals surface area contributed by atoms with Gasteiger partial charge in [0.25, 0.3) is 0 Å². The lowest BCUT2D eigenvalue weighted by atomic mass is 9.89. The van der Waals surface area contributed by atoms with E-state index in [4.69, 9.17) is 29.2 Å². The Morgan fingerprint density at radius 3 is 1.93 bits per heavy atom. The van der Waals surface area contributed by atoms with E-state index < -0.39 is 47.9 Å². The first-order valence-electron chi connectivity index (χ1n) is 7.92. The summed E-state index contributed by atoms with van der Waals surface area (Å²) in [6, 6.07) is -1.19. The highest BCUT2D eigenvalue weighted by Crippen LogP contribution is 2.34. The molecule has 1 saturated heterocycles. The lowest BCUT2D eigenvalue weighted by Crippen LogP contribution is -2.60. The van der Waals surface area contributed by atoms with Crippen LogP contribution in [0.4, 0.5) is 0 Å². The number of rotatable bonds is 7. The van der Waals surface area contributed by atoms with Gasteiger partial charge in [-0.1, -0.05) is 5.11 Å². The molecule has 3 atom stereocenters. The Morgan fingerprint density at radius 2 is 1.52 bits per heavy atom. The molecule has 12 heteroatoms. The molecule has 0 amide bonds. The quantitative estimate of drug-likeness (QED) is 0.202. The molecular weight excluding hydrogens is 366 g/mol. The molecule has 0 aromatic heterocycles. The minimum atomic E-state index is -1.49. The smallest absolute Gasteiger partial charge is 0.304 e. The van der Waals surface area contributed by atoms with E-state index in [-0.39, 0.29) is 19.6 Å². The number of ether oxygens (including phenoxy) is 5. The predicted molar refractivity (Wildman–Crippen MR) is 85.7 cm³/mol. The molecule has 12 nitrogen and oxygen atoms in total. The molecule has 0 spiro atoms. The van der Waals surface area contributed by atoms with Crippen molar-refractivity contribution in [1.82, 2.24) is 0 Å². The van der Waals surface area contributed by atoms with E-state index >= 15 is 0 Å². The third kappa shape index (κ3) is 7.12. The molecule has 0 radical (unpaired) electrons. The van der Waals surface area contributed by atoms with Gasteiger partial charge in [-0.3, -0.25) is 19.2 Å². The van der Waals surface area contributed by atoms with Gasteiger partial charge in [-0.15, -0.1) is 0 Å². The van der Waals surface area contributed by atoms with Gasteiger partial charge in [0, 0.05) is 39.0 Å². The van der Waals surface area contributed by atoms with Crippen LogP contribution in [0.3, 0.4) is 0 Å². The minimum absolute atomic E-state index is 0.144. The molecule has 27 heavy (non-hydrogen) atoms. The van der Waals surface area contributed by atoms with Crippen molar-refractivity contribution in [2.24, 2.45) is 5.11 Å². The molecule has 0 aromatic rings. The highest BCUT2D eigenvalue weighted by molar-refractivity contribution is 5.67. The van der Waals surface area contributed by atoms with Crippen molar-refractivity contribution in [2.45, 2.75) is 58.2 Å². The molecule has 2 unspecified atom stereocenters. The molecule has 1 heterocycles. The van der Waals surface area contributed by atoms with Crippen LogP contribution in [0.5, 0.6) is 0 Å². The number of carbonyl (C=O) groups is 4. The second kappa shape index (κ2) is 9.74.